The first kappa shape index (κ1) is 29.5. The number of hydrogen-bond donors (Lipinski definition) is 2. The van der Waals surface area contributed by atoms with Crippen molar-refractivity contribution >= 4 is 37.4 Å². The minimum Gasteiger partial charge on any atom is -0.416 e. The molecule has 9 nitrogen and oxygen atoms in total. The van der Waals surface area contributed by atoms with Gasteiger partial charge < -0.3 is 20.0 Å². The van der Waals surface area contributed by atoms with E-state index < -0.39 is 8.32 Å². The molecule has 2 N–H and O–H groups in total. The maximum absolute atomic E-state index is 10.0. The molecule has 0 unspecified atom stereocenters. The van der Waals surface area contributed by atoms with Gasteiger partial charge in [-0.15, -0.1) is 0 Å². The largest absolute Gasteiger partial charge is 0.416 e. The lowest BCUT2D eigenvalue weighted by Gasteiger charge is -2.39. The van der Waals surface area contributed by atoms with Crippen molar-refractivity contribution in [3.63, 3.8) is 0 Å². The average molecular weight is 593 g/mol. The zero-order valence-corrected chi connectivity index (χ0v) is 26.9. The van der Waals surface area contributed by atoms with Crippen molar-refractivity contribution in [3.8, 4) is 17.3 Å². The van der Waals surface area contributed by atoms with Gasteiger partial charge in [-0.05, 0) is 67.8 Å². The number of rotatable bonds is 8. The number of nitriles is 1. The molecule has 0 saturated carbocycles. The summed E-state index contributed by atoms with van der Waals surface area (Å²) in [6, 6.07) is 10.1. The molecule has 1 saturated heterocycles. The lowest BCUT2D eigenvalue weighted by atomic mass is 9.83. The smallest absolute Gasteiger partial charge is 0.228 e. The van der Waals surface area contributed by atoms with Gasteiger partial charge in [0, 0.05) is 49.5 Å². The summed E-state index contributed by atoms with van der Waals surface area (Å²) < 4.78 is 8.58. The van der Waals surface area contributed by atoms with E-state index in [0.29, 0.717) is 35.7 Å². The van der Waals surface area contributed by atoms with Gasteiger partial charge in [0.15, 0.2) is 13.5 Å². The molecule has 2 aromatic heterocycles. The highest BCUT2D eigenvalue weighted by atomic mass is 35.5. The standard InChI is InChI=1S/C30H41ClN8OSi/c1-29(2,3)41(6,7)40-19-30(4)18-34-27-22(15-32)12-21(13-23(27)30)24-8-10-33-28(35-24)36-26-14-25(31)37-39(26)17-20-9-11-38(5)16-20/h8,10,12-14,20,34H,9,11,16-19H2,1-7H3,(H,33,35,36)/t20-,30+/m0/s1. The summed E-state index contributed by atoms with van der Waals surface area (Å²) in [5, 5.41) is 21.9. The summed E-state index contributed by atoms with van der Waals surface area (Å²) >= 11 is 6.30. The summed E-state index contributed by atoms with van der Waals surface area (Å²) in [6.07, 6.45) is 2.86. The third-order valence-corrected chi connectivity index (χ3v) is 13.6. The van der Waals surface area contributed by atoms with E-state index in [2.05, 4.69) is 85.6 Å². The van der Waals surface area contributed by atoms with Gasteiger partial charge in [-0.1, -0.05) is 39.3 Å². The molecule has 1 aromatic carbocycles. The third-order valence-electron chi connectivity index (χ3n) is 8.98. The third kappa shape index (κ3) is 6.14. The Bertz CT molecular complexity index is 1480. The zero-order chi connectivity index (χ0) is 29.6. The molecule has 218 valence electrons. The molecule has 3 aromatic rings. The molecular formula is C30H41ClN8OSi. The van der Waals surface area contributed by atoms with Crippen LogP contribution in [0.15, 0.2) is 30.5 Å². The molecule has 0 amide bonds. The van der Waals surface area contributed by atoms with Crippen LogP contribution in [0.2, 0.25) is 23.3 Å². The van der Waals surface area contributed by atoms with Crippen molar-refractivity contribution in [3.05, 3.63) is 46.7 Å². The van der Waals surface area contributed by atoms with Crippen LogP contribution in [0.1, 0.15) is 45.2 Å². The van der Waals surface area contributed by atoms with Crippen LogP contribution < -0.4 is 10.6 Å². The van der Waals surface area contributed by atoms with Crippen LogP contribution in [0.25, 0.3) is 11.3 Å². The van der Waals surface area contributed by atoms with Crippen LogP contribution in [0, 0.1) is 17.2 Å². The Morgan fingerprint density at radius 1 is 1.29 bits per heavy atom. The fourth-order valence-electron chi connectivity index (χ4n) is 5.35. The lowest BCUT2D eigenvalue weighted by molar-refractivity contribution is 0.220. The first-order valence-corrected chi connectivity index (χ1v) is 17.6. The number of nitrogens with zero attached hydrogens (tertiary/aromatic N) is 6. The summed E-state index contributed by atoms with van der Waals surface area (Å²) in [5.74, 6) is 1.72. The molecule has 4 heterocycles. The van der Waals surface area contributed by atoms with Crippen molar-refractivity contribution in [1.82, 2.24) is 24.6 Å². The van der Waals surface area contributed by atoms with E-state index in [1.165, 1.54) is 0 Å². The maximum Gasteiger partial charge on any atom is 0.228 e. The fraction of sp³-hybridized carbons (Fsp3) is 0.533. The Hall–Kier alpha value is -2.97. The minimum atomic E-state index is -1.94. The Morgan fingerprint density at radius 3 is 2.76 bits per heavy atom. The van der Waals surface area contributed by atoms with E-state index in [1.807, 2.05) is 16.8 Å². The van der Waals surface area contributed by atoms with E-state index in [0.717, 1.165) is 54.4 Å². The van der Waals surface area contributed by atoms with E-state index in [9.17, 15) is 5.26 Å². The molecule has 0 spiro atoms. The highest BCUT2D eigenvalue weighted by molar-refractivity contribution is 6.74. The molecule has 2 atom stereocenters. The lowest BCUT2D eigenvalue weighted by Crippen LogP contribution is -2.45. The molecule has 0 aliphatic carbocycles. The highest BCUT2D eigenvalue weighted by Crippen LogP contribution is 2.44. The molecule has 2 aliphatic rings. The summed E-state index contributed by atoms with van der Waals surface area (Å²) in [4.78, 5) is 11.6. The van der Waals surface area contributed by atoms with Gasteiger partial charge >= 0.3 is 0 Å². The van der Waals surface area contributed by atoms with Crippen molar-refractivity contribution < 1.29 is 4.43 Å². The van der Waals surface area contributed by atoms with Gasteiger partial charge in [0.25, 0.3) is 0 Å². The summed E-state index contributed by atoms with van der Waals surface area (Å²) in [6.45, 7) is 17.7. The van der Waals surface area contributed by atoms with Crippen LogP contribution in [-0.4, -0.2) is 66.3 Å². The van der Waals surface area contributed by atoms with Crippen LogP contribution in [0.5, 0.6) is 0 Å². The first-order chi connectivity index (χ1) is 19.3. The molecule has 2 aliphatic heterocycles. The highest BCUT2D eigenvalue weighted by Gasteiger charge is 2.42. The SMILES string of the molecule is CN1CC[C@H](Cn2nc(Cl)cc2Nc2nccc(-c3cc(C#N)c4c(c3)[C@@](C)(CO[Si](C)(C)C(C)(C)C)CN4)n2)C1. The number of halogens is 1. The molecular weight excluding hydrogens is 552 g/mol. The number of nitrogens with one attached hydrogen (secondary N) is 2. The number of aromatic nitrogens is 4. The Kier molecular flexibility index (Phi) is 7.94. The first-order valence-electron chi connectivity index (χ1n) is 14.3. The van der Waals surface area contributed by atoms with Gasteiger partial charge in [-0.2, -0.15) is 10.4 Å². The van der Waals surface area contributed by atoms with E-state index in [4.69, 9.17) is 21.0 Å². The monoisotopic (exact) mass is 592 g/mol. The topological polar surface area (TPSA) is 104 Å². The van der Waals surface area contributed by atoms with Crippen molar-refractivity contribution in [2.75, 3.05) is 43.9 Å². The summed E-state index contributed by atoms with van der Waals surface area (Å²) in [7, 11) is 0.200. The van der Waals surface area contributed by atoms with Crippen LogP contribution in [0.3, 0.4) is 0 Å². The molecule has 41 heavy (non-hydrogen) atoms. The second kappa shape index (κ2) is 11.0. The fourth-order valence-corrected chi connectivity index (χ4v) is 6.65. The minimum absolute atomic E-state index is 0.120. The van der Waals surface area contributed by atoms with Gasteiger partial charge in [0.2, 0.25) is 5.95 Å². The zero-order valence-electron chi connectivity index (χ0n) is 25.2. The van der Waals surface area contributed by atoms with Crippen LogP contribution in [0.4, 0.5) is 17.5 Å². The maximum atomic E-state index is 10.0. The molecule has 0 bridgehead atoms. The Labute approximate surface area is 249 Å². The number of fused-ring (bicyclic) bond motifs is 1. The summed E-state index contributed by atoms with van der Waals surface area (Å²) in [5.41, 5.74) is 3.92. The Morgan fingerprint density at radius 2 is 2.07 bits per heavy atom. The predicted octanol–water partition coefficient (Wildman–Crippen LogP) is 6.27. The average Bonchev–Trinajstić information content (AvgIpc) is 3.59. The van der Waals surface area contributed by atoms with E-state index in [-0.39, 0.29) is 10.5 Å². The Balaban J connectivity index is 1.41. The van der Waals surface area contributed by atoms with Crippen molar-refractivity contribution in [2.45, 2.75) is 64.2 Å². The van der Waals surface area contributed by atoms with E-state index >= 15 is 0 Å². The second-order valence-electron chi connectivity index (χ2n) is 13.4. The van der Waals surface area contributed by atoms with Crippen molar-refractivity contribution in [1.29, 1.82) is 5.26 Å². The van der Waals surface area contributed by atoms with Gasteiger partial charge in [-0.3, -0.25) is 0 Å². The number of likely N-dealkylation sites (tertiary alicyclic amines) is 1. The molecule has 5 rings (SSSR count). The number of benzene rings is 1. The van der Waals surface area contributed by atoms with Crippen molar-refractivity contribution in [2.24, 2.45) is 5.92 Å². The molecule has 1 fully saturated rings. The van der Waals surface area contributed by atoms with Crippen LogP contribution >= 0.6 is 11.6 Å². The quantitative estimate of drug-likeness (QED) is 0.295. The number of anilines is 3. The van der Waals surface area contributed by atoms with Gasteiger partial charge in [0.05, 0.1) is 16.9 Å². The second-order valence-corrected chi connectivity index (χ2v) is 18.6. The molecule has 0 radical (unpaired) electrons. The van der Waals surface area contributed by atoms with Gasteiger partial charge in [0.1, 0.15) is 11.9 Å². The van der Waals surface area contributed by atoms with E-state index in [1.54, 1.807) is 12.3 Å². The van der Waals surface area contributed by atoms with Gasteiger partial charge in [-0.25, -0.2) is 14.6 Å². The predicted molar refractivity (Wildman–Crippen MR) is 167 cm³/mol. The van der Waals surface area contributed by atoms with Crippen LogP contribution in [-0.2, 0) is 16.4 Å². The normalized spacial score (nSPS) is 21.0. The number of hydrogen-bond acceptors (Lipinski definition) is 8. The molecule has 11 heteroatoms.